The van der Waals surface area contributed by atoms with E-state index in [2.05, 4.69) is 61.0 Å². The predicted molar refractivity (Wildman–Crippen MR) is 193 cm³/mol. The van der Waals surface area contributed by atoms with Crippen LogP contribution in [0.3, 0.4) is 0 Å². The Balaban J connectivity index is 1.46. The zero-order chi connectivity index (χ0) is 36.7. The molecule has 0 fully saturated rings. The van der Waals surface area contributed by atoms with Gasteiger partial charge in [-0.25, -0.2) is 13.2 Å². The second-order valence-corrected chi connectivity index (χ2v) is 15.1. The summed E-state index contributed by atoms with van der Waals surface area (Å²) >= 11 is 1.55. The van der Waals surface area contributed by atoms with Crippen molar-refractivity contribution in [1.29, 1.82) is 0 Å². The Hall–Kier alpha value is -4.36. The molecule has 50 heavy (non-hydrogen) atoms. The number of rotatable bonds is 19. The minimum Gasteiger partial charge on any atom is -0.461 e. The van der Waals surface area contributed by atoms with E-state index in [4.69, 9.17) is 9.47 Å². The number of benzene rings is 2. The highest BCUT2D eigenvalue weighted by atomic mass is 32.2. The van der Waals surface area contributed by atoms with E-state index in [0.717, 1.165) is 30.6 Å². The van der Waals surface area contributed by atoms with Crippen molar-refractivity contribution in [2.75, 3.05) is 12.4 Å². The first-order valence-electron chi connectivity index (χ1n) is 16.5. The van der Waals surface area contributed by atoms with Crippen LogP contribution in [0.25, 0.3) is 0 Å². The molecule has 3 rings (SSSR count). The summed E-state index contributed by atoms with van der Waals surface area (Å²) in [5.41, 5.74) is 4.50. The summed E-state index contributed by atoms with van der Waals surface area (Å²) in [6.07, 6.45) is 10.4. The zero-order valence-electron chi connectivity index (χ0n) is 29.5. The third kappa shape index (κ3) is 12.5. The molecule has 3 aromatic rings. The lowest BCUT2D eigenvalue weighted by Crippen LogP contribution is -2.41. The highest BCUT2D eigenvalue weighted by molar-refractivity contribution is 7.99. The summed E-state index contributed by atoms with van der Waals surface area (Å²) in [5.74, 6) is -0.841. The van der Waals surface area contributed by atoms with E-state index in [1.54, 1.807) is 36.9 Å². The number of esters is 1. The number of hydrogen-bond donors (Lipinski definition) is 1. The fourth-order valence-electron chi connectivity index (χ4n) is 4.65. The van der Waals surface area contributed by atoms with Gasteiger partial charge in [0.2, 0.25) is 0 Å². The summed E-state index contributed by atoms with van der Waals surface area (Å²) in [7, 11) is -4.26. The number of hydrogen-bond acceptors (Lipinski definition) is 10. The SMILES string of the molecule is CC(C)=CCC/C(C)=C/CC/C(C)=C/CSc1ccccc1C(=O)N[C@@H](C)C(=O)OC(C)CCOc1no[n+]([O-])c1S(=O)(=O)c1ccccc1. The highest BCUT2D eigenvalue weighted by Gasteiger charge is 2.36. The van der Waals surface area contributed by atoms with Gasteiger partial charge in [-0.05, 0) is 96.4 Å². The molecule has 1 amide bonds. The van der Waals surface area contributed by atoms with Gasteiger partial charge in [0, 0.05) is 17.1 Å². The molecule has 0 saturated heterocycles. The van der Waals surface area contributed by atoms with E-state index in [1.165, 1.54) is 47.9 Å². The minimum atomic E-state index is -4.26. The second-order valence-electron chi connectivity index (χ2n) is 12.2. The number of aromatic nitrogens is 2. The van der Waals surface area contributed by atoms with E-state index in [-0.39, 0.29) is 22.8 Å². The van der Waals surface area contributed by atoms with E-state index in [0.29, 0.717) is 11.3 Å². The molecule has 0 bridgehead atoms. The molecule has 2 aromatic carbocycles. The van der Waals surface area contributed by atoms with Crippen LogP contribution in [0.2, 0.25) is 0 Å². The van der Waals surface area contributed by atoms with E-state index in [1.807, 2.05) is 12.1 Å². The third-order valence-electron chi connectivity index (χ3n) is 7.56. The van der Waals surface area contributed by atoms with Crippen LogP contribution < -0.4 is 15.0 Å². The number of carbonyl (C=O) groups is 2. The number of sulfone groups is 1. The Morgan fingerprint density at radius 1 is 0.960 bits per heavy atom. The number of nitrogens with zero attached hydrogens (tertiary/aromatic N) is 2. The molecule has 0 aliphatic carbocycles. The van der Waals surface area contributed by atoms with Crippen LogP contribution in [0, 0.1) is 5.21 Å². The molecular weight excluding hydrogens is 679 g/mol. The first-order valence-corrected chi connectivity index (χ1v) is 19.0. The standard InChI is InChI=1S/C37H47N3O8S2/c1-26(2)14-12-15-27(3)16-13-17-28(4)23-25-49-33-21-11-10-20-32(33)34(41)38-30(6)37(42)47-29(5)22-24-46-35-36(40(43)48-39-35)50(44,45)31-18-8-7-9-19-31/h7-11,14,16,18-21,23,29-30H,12-13,15,17,22,24-25H2,1-6H3,(H,38,41)/b27-16+,28-23+/t29?,30-/m0/s1. The van der Waals surface area contributed by atoms with Gasteiger partial charge in [0.05, 0.1) is 22.2 Å². The lowest BCUT2D eigenvalue weighted by Gasteiger charge is -2.18. The Labute approximate surface area is 299 Å². The molecule has 1 heterocycles. The van der Waals surface area contributed by atoms with Crippen LogP contribution in [-0.2, 0) is 19.4 Å². The van der Waals surface area contributed by atoms with Crippen LogP contribution >= 0.6 is 11.8 Å². The van der Waals surface area contributed by atoms with Gasteiger partial charge in [0.1, 0.15) is 12.1 Å². The largest absolute Gasteiger partial charge is 0.461 e. The van der Waals surface area contributed by atoms with Gasteiger partial charge >= 0.3 is 16.9 Å². The van der Waals surface area contributed by atoms with Crippen LogP contribution in [-0.4, -0.2) is 50.0 Å². The first-order chi connectivity index (χ1) is 23.8. The van der Waals surface area contributed by atoms with Crippen molar-refractivity contribution in [1.82, 2.24) is 10.5 Å². The molecule has 270 valence electrons. The van der Waals surface area contributed by atoms with Crippen LogP contribution in [0.5, 0.6) is 5.88 Å². The number of thioether (sulfide) groups is 1. The molecule has 13 heteroatoms. The number of nitrogens with one attached hydrogen (secondary N) is 1. The fourth-order valence-corrected chi connectivity index (χ4v) is 6.98. The average molecular weight is 726 g/mol. The molecule has 1 N–H and O–H groups in total. The summed E-state index contributed by atoms with van der Waals surface area (Å²) in [5, 5.41) is 17.4. The van der Waals surface area contributed by atoms with Crippen LogP contribution in [0.1, 0.15) is 84.0 Å². The topological polar surface area (TPSA) is 152 Å². The lowest BCUT2D eigenvalue weighted by molar-refractivity contribution is -0.832. The number of allylic oxidation sites excluding steroid dienone is 5. The number of ether oxygens (including phenoxy) is 2. The molecule has 0 spiro atoms. The Bertz CT molecular complexity index is 1780. The van der Waals surface area contributed by atoms with Crippen molar-refractivity contribution >= 4 is 33.5 Å². The Morgan fingerprint density at radius 2 is 1.60 bits per heavy atom. The molecular formula is C37H47N3O8S2. The van der Waals surface area contributed by atoms with Crippen LogP contribution in [0.15, 0.2) is 109 Å². The Kier molecular flexibility index (Phi) is 15.8. The van der Waals surface area contributed by atoms with Crippen molar-refractivity contribution in [3.05, 3.63) is 100 Å². The normalized spacial score (nSPS) is 13.3. The van der Waals surface area contributed by atoms with Gasteiger partial charge < -0.3 is 20.0 Å². The molecule has 0 aliphatic heterocycles. The summed E-state index contributed by atoms with van der Waals surface area (Å²) in [4.78, 5) is 26.4. The summed E-state index contributed by atoms with van der Waals surface area (Å²) in [6.45, 7) is 11.6. The maximum Gasteiger partial charge on any atom is 0.414 e. The van der Waals surface area contributed by atoms with Gasteiger partial charge in [-0.3, -0.25) is 9.42 Å². The fraction of sp³-hybridized carbons (Fsp3) is 0.405. The minimum absolute atomic E-state index is 0.125. The molecule has 11 nitrogen and oxygen atoms in total. The van der Waals surface area contributed by atoms with Crippen molar-refractivity contribution in [2.24, 2.45) is 0 Å². The molecule has 1 aromatic heterocycles. The maximum atomic E-state index is 13.2. The second kappa shape index (κ2) is 19.7. The van der Waals surface area contributed by atoms with Crippen molar-refractivity contribution in [3.63, 3.8) is 0 Å². The predicted octanol–water partition coefficient (Wildman–Crippen LogP) is 7.17. The van der Waals surface area contributed by atoms with Crippen LogP contribution in [0.4, 0.5) is 0 Å². The van der Waals surface area contributed by atoms with E-state index in [9.17, 15) is 23.2 Å². The number of carbonyl (C=O) groups excluding carboxylic acids is 2. The van der Waals surface area contributed by atoms with Gasteiger partial charge in [-0.15, -0.1) is 11.8 Å². The average Bonchev–Trinajstić information content (AvgIpc) is 3.45. The smallest absolute Gasteiger partial charge is 0.414 e. The van der Waals surface area contributed by atoms with E-state index >= 15 is 0 Å². The molecule has 0 saturated carbocycles. The van der Waals surface area contributed by atoms with Crippen molar-refractivity contribution in [3.8, 4) is 5.88 Å². The van der Waals surface area contributed by atoms with Crippen molar-refractivity contribution in [2.45, 2.75) is 101 Å². The monoisotopic (exact) mass is 725 g/mol. The van der Waals surface area contributed by atoms with Gasteiger partial charge in [-0.1, -0.05) is 65.3 Å². The molecule has 0 radical (unpaired) electrons. The number of amides is 1. The third-order valence-corrected chi connectivity index (χ3v) is 10.3. The highest BCUT2D eigenvalue weighted by Crippen LogP contribution is 2.26. The van der Waals surface area contributed by atoms with Gasteiger partial charge in [-0.2, -0.15) is 0 Å². The molecule has 1 unspecified atom stereocenters. The quantitative estimate of drug-likeness (QED) is 0.0583. The lowest BCUT2D eigenvalue weighted by atomic mass is 10.1. The first kappa shape index (κ1) is 40.1. The molecule has 0 aliphatic rings. The summed E-state index contributed by atoms with van der Waals surface area (Å²) in [6, 6.07) is 13.6. The maximum absolute atomic E-state index is 13.2. The van der Waals surface area contributed by atoms with E-state index < -0.39 is 44.8 Å². The Morgan fingerprint density at radius 3 is 2.30 bits per heavy atom. The summed E-state index contributed by atoms with van der Waals surface area (Å²) < 4.78 is 41.2. The van der Waals surface area contributed by atoms with Gasteiger partial charge in [0.15, 0.2) is 0 Å². The zero-order valence-corrected chi connectivity index (χ0v) is 31.1. The molecule has 2 atom stereocenters. The van der Waals surface area contributed by atoms with Crippen molar-refractivity contribution < 1.29 is 37.0 Å². The van der Waals surface area contributed by atoms with Gasteiger partial charge in [0.25, 0.3) is 15.7 Å².